The Hall–Kier alpha value is -3.20. The molecule has 160 valence electrons. The first-order chi connectivity index (χ1) is 14.8. The van der Waals surface area contributed by atoms with Gasteiger partial charge in [0.05, 0.1) is 22.6 Å². The van der Waals surface area contributed by atoms with Gasteiger partial charge in [0.15, 0.2) is 9.84 Å². The number of nitrogens with zero attached hydrogens (tertiary/aromatic N) is 2. The number of carbonyl (C=O) groups is 1. The molecule has 8 heteroatoms. The third-order valence-electron chi connectivity index (χ3n) is 5.33. The molecule has 1 heterocycles. The van der Waals surface area contributed by atoms with Crippen molar-refractivity contribution in [1.29, 1.82) is 10.5 Å². The van der Waals surface area contributed by atoms with Crippen LogP contribution >= 0.6 is 0 Å². The van der Waals surface area contributed by atoms with Crippen LogP contribution in [0.25, 0.3) is 11.1 Å². The first-order valence-corrected chi connectivity index (χ1v) is 12.0. The highest BCUT2D eigenvalue weighted by molar-refractivity contribution is 7.90. The van der Waals surface area contributed by atoms with Crippen molar-refractivity contribution >= 4 is 15.7 Å². The van der Waals surface area contributed by atoms with Crippen molar-refractivity contribution in [2.75, 3.05) is 12.8 Å². The van der Waals surface area contributed by atoms with E-state index in [-0.39, 0.29) is 22.4 Å². The number of sulfone groups is 1. The van der Waals surface area contributed by atoms with E-state index in [9.17, 15) is 18.5 Å². The minimum atomic E-state index is -3.53. The van der Waals surface area contributed by atoms with Crippen molar-refractivity contribution in [1.82, 2.24) is 10.6 Å². The number of benzene rings is 2. The van der Waals surface area contributed by atoms with Crippen LogP contribution in [0.15, 0.2) is 47.4 Å². The molecule has 1 amide bonds. The van der Waals surface area contributed by atoms with Crippen LogP contribution in [0.3, 0.4) is 0 Å². The molecule has 0 radical (unpaired) electrons. The molecule has 7 nitrogen and oxygen atoms in total. The van der Waals surface area contributed by atoms with E-state index in [4.69, 9.17) is 5.26 Å². The topological polar surface area (TPSA) is 123 Å². The van der Waals surface area contributed by atoms with Crippen LogP contribution in [-0.4, -0.2) is 39.2 Å². The Labute approximate surface area is 182 Å². The summed E-state index contributed by atoms with van der Waals surface area (Å²) in [7, 11) is -3.53. The lowest BCUT2D eigenvalue weighted by molar-refractivity contribution is -0.124. The van der Waals surface area contributed by atoms with Crippen LogP contribution in [0.1, 0.15) is 30.4 Å². The molecule has 0 spiro atoms. The Bertz CT molecular complexity index is 1140. The summed E-state index contributed by atoms with van der Waals surface area (Å²) in [5.74, 6) is -0.145. The van der Waals surface area contributed by atoms with Crippen LogP contribution < -0.4 is 10.6 Å². The Kier molecular flexibility index (Phi) is 7.06. The predicted molar refractivity (Wildman–Crippen MR) is 117 cm³/mol. The first-order valence-electron chi connectivity index (χ1n) is 10.1. The summed E-state index contributed by atoms with van der Waals surface area (Å²) < 4.78 is 24.0. The van der Waals surface area contributed by atoms with Gasteiger partial charge in [0.25, 0.3) is 0 Å². The SMILES string of the molecule is CS(=O)(=O)c1cc(-c2ccc(C[C@@H](C#N)NC(=O)C3CCCCN3)cc2)ccc1C#N. The fraction of sp³-hybridized carbons (Fsp3) is 0.348. The van der Waals surface area contributed by atoms with Crippen molar-refractivity contribution < 1.29 is 13.2 Å². The van der Waals surface area contributed by atoms with Crippen LogP contribution in [-0.2, 0) is 21.1 Å². The van der Waals surface area contributed by atoms with Crippen molar-refractivity contribution in [3.63, 3.8) is 0 Å². The number of amides is 1. The fourth-order valence-electron chi connectivity index (χ4n) is 3.65. The lowest BCUT2D eigenvalue weighted by Crippen LogP contribution is -2.49. The van der Waals surface area contributed by atoms with Gasteiger partial charge in [0.2, 0.25) is 5.91 Å². The Morgan fingerprint density at radius 2 is 1.87 bits per heavy atom. The number of nitriles is 2. The maximum atomic E-state index is 12.4. The molecule has 1 aliphatic rings. The summed E-state index contributed by atoms with van der Waals surface area (Å²) in [6.45, 7) is 0.813. The number of nitrogens with one attached hydrogen (secondary N) is 2. The first kappa shape index (κ1) is 22.5. The summed E-state index contributed by atoms with van der Waals surface area (Å²) in [6, 6.07) is 15.3. The van der Waals surface area contributed by atoms with Gasteiger partial charge in [-0.05, 0) is 48.2 Å². The van der Waals surface area contributed by atoms with Gasteiger partial charge in [-0.1, -0.05) is 36.8 Å². The van der Waals surface area contributed by atoms with Crippen molar-refractivity contribution in [2.45, 2.75) is 42.7 Å². The van der Waals surface area contributed by atoms with E-state index < -0.39 is 15.9 Å². The molecule has 3 rings (SSSR count). The molecule has 0 aliphatic carbocycles. The van der Waals surface area contributed by atoms with E-state index >= 15 is 0 Å². The third-order valence-corrected chi connectivity index (χ3v) is 6.46. The van der Waals surface area contributed by atoms with Crippen LogP contribution in [0.5, 0.6) is 0 Å². The number of hydrogen-bond acceptors (Lipinski definition) is 6. The second-order valence-electron chi connectivity index (χ2n) is 7.69. The summed E-state index contributed by atoms with van der Waals surface area (Å²) in [6.07, 6.45) is 4.29. The summed E-state index contributed by atoms with van der Waals surface area (Å²) in [5, 5.41) is 24.6. The maximum Gasteiger partial charge on any atom is 0.238 e. The lowest BCUT2D eigenvalue weighted by atomic mass is 9.99. The fourth-order valence-corrected chi connectivity index (χ4v) is 4.50. The zero-order chi connectivity index (χ0) is 22.4. The van der Waals surface area contributed by atoms with Gasteiger partial charge in [0.1, 0.15) is 12.1 Å². The number of piperidine rings is 1. The van der Waals surface area contributed by atoms with E-state index in [1.54, 1.807) is 6.07 Å². The Balaban J connectivity index is 1.72. The maximum absolute atomic E-state index is 12.4. The highest BCUT2D eigenvalue weighted by Crippen LogP contribution is 2.26. The molecule has 1 fully saturated rings. The highest BCUT2D eigenvalue weighted by Gasteiger charge is 2.23. The lowest BCUT2D eigenvalue weighted by Gasteiger charge is -2.23. The second kappa shape index (κ2) is 9.74. The summed E-state index contributed by atoms with van der Waals surface area (Å²) in [4.78, 5) is 12.4. The van der Waals surface area contributed by atoms with E-state index in [2.05, 4.69) is 16.7 Å². The number of carbonyl (C=O) groups excluding carboxylic acids is 1. The molecule has 1 unspecified atom stereocenters. The molecule has 0 bridgehead atoms. The van der Waals surface area contributed by atoms with Crippen LogP contribution in [0.2, 0.25) is 0 Å². The van der Waals surface area contributed by atoms with Crippen LogP contribution in [0, 0.1) is 22.7 Å². The molecule has 2 N–H and O–H groups in total. The van der Waals surface area contributed by atoms with E-state index in [0.29, 0.717) is 12.0 Å². The standard InChI is InChI=1S/C23H24N4O3S/c1-31(29,30)22-13-18(9-10-19(22)14-24)17-7-5-16(6-8-17)12-20(15-25)27-23(28)21-4-2-3-11-26-21/h5-10,13,20-21,26H,2-4,11-12H2,1H3,(H,27,28)/t20-,21?/m0/s1. The largest absolute Gasteiger partial charge is 0.339 e. The van der Waals surface area contributed by atoms with Gasteiger partial charge in [-0.3, -0.25) is 4.79 Å². The molecule has 0 saturated carbocycles. The van der Waals surface area contributed by atoms with Gasteiger partial charge >= 0.3 is 0 Å². The van der Waals surface area contributed by atoms with Crippen molar-refractivity contribution in [2.24, 2.45) is 0 Å². The smallest absolute Gasteiger partial charge is 0.238 e. The molecule has 31 heavy (non-hydrogen) atoms. The van der Waals surface area contributed by atoms with Gasteiger partial charge < -0.3 is 10.6 Å². The van der Waals surface area contributed by atoms with E-state index in [0.717, 1.165) is 43.2 Å². The molecule has 0 aromatic heterocycles. The Morgan fingerprint density at radius 3 is 2.45 bits per heavy atom. The van der Waals surface area contributed by atoms with Gasteiger partial charge in [-0.15, -0.1) is 0 Å². The third kappa shape index (κ3) is 5.69. The average Bonchev–Trinajstić information content (AvgIpc) is 2.78. The predicted octanol–water partition coefficient (Wildman–Crippen LogP) is 2.32. The monoisotopic (exact) mass is 436 g/mol. The molecule has 2 aromatic carbocycles. The molecule has 2 atom stereocenters. The quantitative estimate of drug-likeness (QED) is 0.716. The van der Waals surface area contributed by atoms with Gasteiger partial charge in [0, 0.05) is 12.7 Å². The number of rotatable bonds is 6. The van der Waals surface area contributed by atoms with E-state index in [1.807, 2.05) is 30.3 Å². The minimum absolute atomic E-state index is 0.000144. The van der Waals surface area contributed by atoms with E-state index in [1.165, 1.54) is 12.1 Å². The Morgan fingerprint density at radius 1 is 1.16 bits per heavy atom. The zero-order valence-electron chi connectivity index (χ0n) is 17.3. The molecular formula is C23H24N4O3S. The normalized spacial score (nSPS) is 17.2. The van der Waals surface area contributed by atoms with Crippen molar-refractivity contribution in [3.05, 3.63) is 53.6 Å². The van der Waals surface area contributed by atoms with Gasteiger partial charge in [-0.25, -0.2) is 8.42 Å². The van der Waals surface area contributed by atoms with Crippen molar-refractivity contribution in [3.8, 4) is 23.3 Å². The zero-order valence-corrected chi connectivity index (χ0v) is 18.1. The van der Waals surface area contributed by atoms with Gasteiger partial charge in [-0.2, -0.15) is 10.5 Å². The molecule has 1 saturated heterocycles. The second-order valence-corrected chi connectivity index (χ2v) is 9.67. The molecule has 1 aliphatic heterocycles. The van der Waals surface area contributed by atoms with Crippen LogP contribution in [0.4, 0.5) is 0 Å². The number of hydrogen-bond donors (Lipinski definition) is 2. The molecular weight excluding hydrogens is 412 g/mol. The highest BCUT2D eigenvalue weighted by atomic mass is 32.2. The summed E-state index contributed by atoms with van der Waals surface area (Å²) >= 11 is 0. The minimum Gasteiger partial charge on any atom is -0.339 e. The summed E-state index contributed by atoms with van der Waals surface area (Å²) in [5.41, 5.74) is 2.47. The molecule has 2 aromatic rings. The average molecular weight is 437 g/mol.